The van der Waals surface area contributed by atoms with Crippen LogP contribution >= 0.6 is 11.3 Å². The molecule has 1 atom stereocenters. The molecule has 2 N–H and O–H groups in total. The van der Waals surface area contributed by atoms with Crippen LogP contribution in [0.3, 0.4) is 0 Å². The van der Waals surface area contributed by atoms with Gasteiger partial charge in [-0.15, -0.1) is 0 Å². The Bertz CT molecular complexity index is 555. The monoisotopic (exact) mass is 259 g/mol. The van der Waals surface area contributed by atoms with E-state index < -0.39 is 0 Å². The predicted octanol–water partition coefficient (Wildman–Crippen LogP) is 4.34. The Balaban J connectivity index is 2.61. The molecule has 0 spiro atoms. The first kappa shape index (κ1) is 13.3. The maximum atomic E-state index is 6.51. The topological polar surface area (TPSA) is 26.0 Å². The maximum absolute atomic E-state index is 6.51. The van der Waals surface area contributed by atoms with Gasteiger partial charge in [-0.1, -0.05) is 6.07 Å². The molecule has 0 aliphatic heterocycles. The molecule has 0 aliphatic carbocycles. The number of nitrogens with two attached hydrogens (primary N) is 1. The first-order valence-electron chi connectivity index (χ1n) is 6.29. The second-order valence-corrected chi connectivity index (χ2v) is 5.91. The van der Waals surface area contributed by atoms with E-state index in [1.54, 1.807) is 11.3 Å². The Labute approximate surface area is 114 Å². The van der Waals surface area contributed by atoms with E-state index in [1.165, 1.54) is 38.9 Å². The van der Waals surface area contributed by atoms with Gasteiger partial charge >= 0.3 is 0 Å². The van der Waals surface area contributed by atoms with Gasteiger partial charge in [0.05, 0.1) is 6.04 Å². The highest BCUT2D eigenvalue weighted by Gasteiger charge is 2.18. The summed E-state index contributed by atoms with van der Waals surface area (Å²) in [5.74, 6) is 0. The maximum Gasteiger partial charge on any atom is 0.0567 e. The summed E-state index contributed by atoms with van der Waals surface area (Å²) < 4.78 is 0. The smallest absolute Gasteiger partial charge is 0.0567 e. The third-order valence-electron chi connectivity index (χ3n) is 3.97. The normalized spacial score (nSPS) is 12.8. The number of benzene rings is 1. The summed E-state index contributed by atoms with van der Waals surface area (Å²) in [5, 5.41) is 4.35. The highest BCUT2D eigenvalue weighted by molar-refractivity contribution is 7.08. The molecule has 0 radical (unpaired) electrons. The summed E-state index contributed by atoms with van der Waals surface area (Å²) in [7, 11) is 0. The molecule has 1 aromatic carbocycles. The van der Waals surface area contributed by atoms with Crippen LogP contribution in [-0.4, -0.2) is 0 Å². The minimum Gasteiger partial charge on any atom is -0.320 e. The molecule has 0 amide bonds. The molecule has 1 aromatic heterocycles. The number of thiophene rings is 1. The number of rotatable bonds is 2. The van der Waals surface area contributed by atoms with Crippen molar-refractivity contribution >= 4 is 11.3 Å². The van der Waals surface area contributed by atoms with E-state index >= 15 is 0 Å². The lowest BCUT2D eigenvalue weighted by Gasteiger charge is -2.21. The van der Waals surface area contributed by atoms with E-state index in [9.17, 15) is 0 Å². The van der Waals surface area contributed by atoms with E-state index in [0.717, 1.165) is 0 Å². The second kappa shape index (κ2) is 4.87. The molecule has 0 saturated carbocycles. The predicted molar refractivity (Wildman–Crippen MR) is 80.5 cm³/mol. The molecular weight excluding hydrogens is 238 g/mol. The van der Waals surface area contributed by atoms with E-state index in [4.69, 9.17) is 5.73 Å². The largest absolute Gasteiger partial charge is 0.320 e. The molecule has 0 aliphatic rings. The lowest BCUT2D eigenvalue weighted by atomic mass is 9.87. The van der Waals surface area contributed by atoms with Gasteiger partial charge in [0, 0.05) is 0 Å². The van der Waals surface area contributed by atoms with Crippen molar-refractivity contribution in [2.45, 2.75) is 40.7 Å². The van der Waals surface area contributed by atoms with Crippen molar-refractivity contribution < 1.29 is 0 Å². The van der Waals surface area contributed by atoms with E-state index in [2.05, 4.69) is 51.4 Å². The fourth-order valence-electron chi connectivity index (χ4n) is 2.56. The van der Waals surface area contributed by atoms with Gasteiger partial charge in [0.25, 0.3) is 0 Å². The van der Waals surface area contributed by atoms with Crippen molar-refractivity contribution in [3.05, 3.63) is 55.8 Å². The van der Waals surface area contributed by atoms with Crippen molar-refractivity contribution in [3.63, 3.8) is 0 Å². The Morgan fingerprint density at radius 2 is 1.44 bits per heavy atom. The quantitative estimate of drug-likeness (QED) is 0.853. The number of hydrogen-bond donors (Lipinski definition) is 1. The minimum atomic E-state index is -0.00477. The SMILES string of the molecule is Cc1cscc1C(N)c1c(C)c(C)cc(C)c1C. The summed E-state index contributed by atoms with van der Waals surface area (Å²) in [6.45, 7) is 10.8. The zero-order chi connectivity index (χ0) is 13.4. The first-order valence-corrected chi connectivity index (χ1v) is 7.23. The highest BCUT2D eigenvalue weighted by atomic mass is 32.1. The van der Waals surface area contributed by atoms with Gasteiger partial charge < -0.3 is 5.73 Å². The molecule has 0 fully saturated rings. The standard InChI is InChI=1S/C16H21NS/c1-9-6-10(2)13(5)15(12(9)4)16(17)14-8-18-7-11(14)3/h6-8,16H,17H2,1-5H3. The van der Waals surface area contributed by atoms with Gasteiger partial charge in [-0.25, -0.2) is 0 Å². The molecule has 0 bridgehead atoms. The van der Waals surface area contributed by atoms with Crippen LogP contribution in [0.1, 0.15) is 45.0 Å². The Kier molecular flexibility index (Phi) is 3.60. The van der Waals surface area contributed by atoms with Crippen molar-refractivity contribution in [2.75, 3.05) is 0 Å². The Hall–Kier alpha value is -1.12. The molecule has 2 heteroatoms. The molecule has 1 unspecified atom stereocenters. The molecule has 0 saturated heterocycles. The summed E-state index contributed by atoms with van der Waals surface area (Å²) in [6, 6.07) is 2.25. The van der Waals surface area contributed by atoms with Crippen LogP contribution in [0.4, 0.5) is 0 Å². The van der Waals surface area contributed by atoms with E-state index in [-0.39, 0.29) is 6.04 Å². The first-order chi connectivity index (χ1) is 8.43. The zero-order valence-corrected chi connectivity index (χ0v) is 12.6. The molecule has 18 heavy (non-hydrogen) atoms. The van der Waals surface area contributed by atoms with Gasteiger partial charge in [-0.05, 0) is 84.3 Å². The fourth-order valence-corrected chi connectivity index (χ4v) is 3.45. The van der Waals surface area contributed by atoms with Crippen LogP contribution < -0.4 is 5.73 Å². The third-order valence-corrected chi connectivity index (χ3v) is 4.84. The van der Waals surface area contributed by atoms with Crippen LogP contribution in [0, 0.1) is 34.6 Å². The lowest BCUT2D eigenvalue weighted by molar-refractivity contribution is 0.842. The molecule has 2 aromatic rings. The highest BCUT2D eigenvalue weighted by Crippen LogP contribution is 2.32. The van der Waals surface area contributed by atoms with Gasteiger partial charge in [0.2, 0.25) is 0 Å². The third kappa shape index (κ3) is 2.11. The second-order valence-electron chi connectivity index (χ2n) is 5.16. The van der Waals surface area contributed by atoms with Gasteiger partial charge in [-0.2, -0.15) is 11.3 Å². The van der Waals surface area contributed by atoms with Gasteiger partial charge in [0.15, 0.2) is 0 Å². The lowest BCUT2D eigenvalue weighted by Crippen LogP contribution is -2.16. The van der Waals surface area contributed by atoms with Crippen molar-refractivity contribution in [3.8, 4) is 0 Å². The average molecular weight is 259 g/mol. The molecule has 96 valence electrons. The fraction of sp³-hybridized carbons (Fsp3) is 0.375. The molecular formula is C16H21NS. The Morgan fingerprint density at radius 1 is 0.889 bits per heavy atom. The summed E-state index contributed by atoms with van der Waals surface area (Å²) in [4.78, 5) is 0. The van der Waals surface area contributed by atoms with E-state index in [0.29, 0.717) is 0 Å². The van der Waals surface area contributed by atoms with Crippen LogP contribution in [0.5, 0.6) is 0 Å². The zero-order valence-electron chi connectivity index (χ0n) is 11.8. The minimum absolute atomic E-state index is 0.00477. The Morgan fingerprint density at radius 3 is 1.89 bits per heavy atom. The average Bonchev–Trinajstić information content (AvgIpc) is 2.73. The van der Waals surface area contributed by atoms with Crippen LogP contribution in [0.25, 0.3) is 0 Å². The van der Waals surface area contributed by atoms with Crippen LogP contribution in [-0.2, 0) is 0 Å². The van der Waals surface area contributed by atoms with Gasteiger partial charge in [-0.3, -0.25) is 0 Å². The number of hydrogen-bond acceptors (Lipinski definition) is 2. The van der Waals surface area contributed by atoms with Crippen molar-refractivity contribution in [1.82, 2.24) is 0 Å². The van der Waals surface area contributed by atoms with Crippen LogP contribution in [0.15, 0.2) is 16.8 Å². The summed E-state index contributed by atoms with van der Waals surface area (Å²) in [6.07, 6.45) is 0. The molecule has 2 rings (SSSR count). The summed E-state index contributed by atoms with van der Waals surface area (Å²) >= 11 is 1.73. The van der Waals surface area contributed by atoms with Gasteiger partial charge in [0.1, 0.15) is 0 Å². The molecule has 1 nitrogen and oxygen atoms in total. The van der Waals surface area contributed by atoms with E-state index in [1.807, 2.05) is 0 Å². The molecule has 1 heterocycles. The summed E-state index contributed by atoms with van der Waals surface area (Å²) in [5.41, 5.74) is 15.7. The van der Waals surface area contributed by atoms with Crippen molar-refractivity contribution in [1.29, 1.82) is 0 Å². The van der Waals surface area contributed by atoms with Crippen molar-refractivity contribution in [2.24, 2.45) is 5.73 Å². The number of aryl methyl sites for hydroxylation is 3. The van der Waals surface area contributed by atoms with Crippen LogP contribution in [0.2, 0.25) is 0 Å².